The summed E-state index contributed by atoms with van der Waals surface area (Å²) in [6, 6.07) is 10.4. The molecule has 0 unspecified atom stereocenters. The summed E-state index contributed by atoms with van der Waals surface area (Å²) in [5.74, 6) is -1.78. The number of aromatic nitrogens is 2. The molecule has 4 rings (SSSR count). The van der Waals surface area contributed by atoms with Crippen molar-refractivity contribution in [3.8, 4) is 5.69 Å². The zero-order valence-corrected chi connectivity index (χ0v) is 20.3. The number of rotatable bonds is 6. The van der Waals surface area contributed by atoms with Crippen LogP contribution in [0.25, 0.3) is 5.69 Å². The van der Waals surface area contributed by atoms with Gasteiger partial charge in [0, 0.05) is 24.5 Å². The number of amides is 3. The highest BCUT2D eigenvalue weighted by Crippen LogP contribution is 2.23. The van der Waals surface area contributed by atoms with E-state index in [0.29, 0.717) is 36.6 Å². The lowest BCUT2D eigenvalue weighted by atomic mass is 10.0. The van der Waals surface area contributed by atoms with Gasteiger partial charge >= 0.3 is 12.0 Å². The van der Waals surface area contributed by atoms with Crippen LogP contribution < -0.4 is 10.6 Å². The van der Waals surface area contributed by atoms with Crippen molar-refractivity contribution in [2.75, 3.05) is 17.2 Å². The summed E-state index contributed by atoms with van der Waals surface area (Å²) in [4.78, 5) is 38.5. The van der Waals surface area contributed by atoms with E-state index in [1.165, 1.54) is 33.5 Å². The van der Waals surface area contributed by atoms with Crippen molar-refractivity contribution < 1.29 is 23.9 Å². The van der Waals surface area contributed by atoms with Crippen LogP contribution in [0.3, 0.4) is 0 Å². The smallest absolute Gasteiger partial charge is 0.336 e. The van der Waals surface area contributed by atoms with Crippen LogP contribution >= 0.6 is 0 Å². The van der Waals surface area contributed by atoms with Gasteiger partial charge in [0.2, 0.25) is 5.91 Å². The number of carboxylic acids is 1. The Balaban J connectivity index is 1.43. The van der Waals surface area contributed by atoms with Crippen LogP contribution in [0.5, 0.6) is 0 Å². The number of hydrogen-bond acceptors (Lipinski definition) is 4. The summed E-state index contributed by atoms with van der Waals surface area (Å²) < 4.78 is 15.7. The number of aryl methyl sites for hydroxylation is 1. The highest BCUT2D eigenvalue weighted by Gasteiger charge is 2.34. The molecule has 0 saturated carbocycles. The minimum Gasteiger partial charge on any atom is -0.478 e. The van der Waals surface area contributed by atoms with Gasteiger partial charge < -0.3 is 20.6 Å². The number of nitrogens with one attached hydrogen (secondary N) is 2. The molecule has 0 spiro atoms. The standard InChI is InChI=1S/C26H28FN5O4/c1-15(2)17-6-8-18(9-7-17)28-26(36)31-11-4-5-21(31)24(33)29-23-10-12-32(30-23)22-13-16(3)19(25(34)35)14-20(22)27/h6-10,12-15,21H,4-5,11H2,1-3H3,(H,28,36)(H,34,35)(H,29,30,33)/t21-/m1/s1. The van der Waals surface area contributed by atoms with Crippen LogP contribution in [-0.2, 0) is 4.79 Å². The fourth-order valence-electron chi connectivity index (χ4n) is 4.24. The molecule has 1 atom stereocenters. The topological polar surface area (TPSA) is 117 Å². The van der Waals surface area contributed by atoms with Gasteiger partial charge in [0.15, 0.2) is 5.82 Å². The number of carboxylic acid groups (broad SMARTS) is 1. The minimum absolute atomic E-state index is 0.0587. The monoisotopic (exact) mass is 493 g/mol. The van der Waals surface area contributed by atoms with Crippen LogP contribution in [0.15, 0.2) is 48.7 Å². The lowest BCUT2D eigenvalue weighted by Crippen LogP contribution is -2.45. The third-order valence-corrected chi connectivity index (χ3v) is 6.26. The molecule has 2 aromatic carbocycles. The Bertz CT molecular complexity index is 1300. The zero-order chi connectivity index (χ0) is 26.0. The number of likely N-dealkylation sites (tertiary alicyclic amines) is 1. The Morgan fingerprint density at radius 1 is 1.11 bits per heavy atom. The van der Waals surface area contributed by atoms with Crippen molar-refractivity contribution in [2.24, 2.45) is 0 Å². The first kappa shape index (κ1) is 24.9. The molecule has 3 N–H and O–H groups in total. The summed E-state index contributed by atoms with van der Waals surface area (Å²) in [6.07, 6.45) is 2.66. The van der Waals surface area contributed by atoms with Crippen LogP contribution in [0.1, 0.15) is 54.1 Å². The number of urea groups is 1. The molecule has 1 saturated heterocycles. The fourth-order valence-corrected chi connectivity index (χ4v) is 4.24. The Morgan fingerprint density at radius 3 is 2.50 bits per heavy atom. The van der Waals surface area contributed by atoms with Crippen molar-refractivity contribution >= 4 is 29.4 Å². The summed E-state index contributed by atoms with van der Waals surface area (Å²) in [5.41, 5.74) is 2.13. The molecule has 1 aliphatic rings. The molecule has 0 bridgehead atoms. The van der Waals surface area contributed by atoms with E-state index in [4.69, 9.17) is 5.11 Å². The van der Waals surface area contributed by atoms with E-state index in [9.17, 15) is 18.8 Å². The molecule has 0 radical (unpaired) electrons. The number of benzene rings is 2. The van der Waals surface area contributed by atoms with Gasteiger partial charge in [-0.05, 0) is 61.1 Å². The van der Waals surface area contributed by atoms with Crippen LogP contribution in [0, 0.1) is 12.7 Å². The molecule has 1 aromatic heterocycles. The Hall–Kier alpha value is -4.21. The van der Waals surface area contributed by atoms with Gasteiger partial charge in [-0.15, -0.1) is 5.10 Å². The third kappa shape index (κ3) is 5.22. The number of hydrogen-bond donors (Lipinski definition) is 3. The van der Waals surface area contributed by atoms with Crippen molar-refractivity contribution in [2.45, 2.75) is 45.6 Å². The molecule has 3 aromatic rings. The second kappa shape index (κ2) is 10.2. The number of carbonyl (C=O) groups is 3. The maximum Gasteiger partial charge on any atom is 0.336 e. The number of nitrogens with zero attached hydrogens (tertiary/aromatic N) is 3. The van der Waals surface area contributed by atoms with Crippen LogP contribution in [0.2, 0.25) is 0 Å². The van der Waals surface area contributed by atoms with Gasteiger partial charge in [-0.2, -0.15) is 0 Å². The van der Waals surface area contributed by atoms with E-state index < -0.39 is 17.8 Å². The normalized spacial score (nSPS) is 15.2. The number of aromatic carboxylic acids is 1. The minimum atomic E-state index is -1.22. The maximum absolute atomic E-state index is 14.5. The van der Waals surface area contributed by atoms with Gasteiger partial charge in [-0.25, -0.2) is 18.7 Å². The van der Waals surface area contributed by atoms with Crippen LogP contribution in [-0.4, -0.2) is 50.3 Å². The first-order chi connectivity index (χ1) is 17.1. The molecular formula is C26H28FN5O4. The Kier molecular flexibility index (Phi) is 7.05. The largest absolute Gasteiger partial charge is 0.478 e. The summed E-state index contributed by atoms with van der Waals surface area (Å²) in [7, 11) is 0. The fraction of sp³-hybridized carbons (Fsp3) is 0.308. The average Bonchev–Trinajstić information content (AvgIpc) is 3.50. The maximum atomic E-state index is 14.5. The SMILES string of the molecule is Cc1cc(-n2ccc(NC(=O)[C@H]3CCCN3C(=O)Nc3ccc(C(C)C)cc3)n2)c(F)cc1C(=O)O. The van der Waals surface area contributed by atoms with E-state index in [1.54, 1.807) is 6.92 Å². The molecule has 36 heavy (non-hydrogen) atoms. The van der Waals surface area contributed by atoms with Crippen molar-refractivity contribution in [3.63, 3.8) is 0 Å². The van der Waals surface area contributed by atoms with Gasteiger partial charge in [0.05, 0.1) is 5.56 Å². The predicted molar refractivity (Wildman–Crippen MR) is 133 cm³/mol. The quantitative estimate of drug-likeness (QED) is 0.457. The van der Waals surface area contributed by atoms with Crippen molar-refractivity contribution in [1.29, 1.82) is 0 Å². The highest BCUT2D eigenvalue weighted by molar-refractivity contribution is 5.99. The summed E-state index contributed by atoms with van der Waals surface area (Å²) >= 11 is 0. The Morgan fingerprint density at radius 2 is 1.83 bits per heavy atom. The molecule has 10 heteroatoms. The van der Waals surface area contributed by atoms with Crippen molar-refractivity contribution in [1.82, 2.24) is 14.7 Å². The summed E-state index contributed by atoms with van der Waals surface area (Å²) in [6.45, 7) is 6.20. The molecule has 188 valence electrons. The number of anilines is 2. The molecule has 1 fully saturated rings. The first-order valence-corrected chi connectivity index (χ1v) is 11.7. The molecule has 2 heterocycles. The second-order valence-electron chi connectivity index (χ2n) is 9.12. The van der Waals surface area contributed by atoms with Gasteiger partial charge in [0.1, 0.15) is 17.5 Å². The van der Waals surface area contributed by atoms with E-state index in [0.717, 1.165) is 6.07 Å². The molecular weight excluding hydrogens is 465 g/mol. The number of carbonyl (C=O) groups excluding carboxylic acids is 2. The Labute approximate surface area is 207 Å². The van der Waals surface area contributed by atoms with Gasteiger partial charge in [-0.3, -0.25) is 4.79 Å². The molecule has 1 aliphatic heterocycles. The lowest BCUT2D eigenvalue weighted by Gasteiger charge is -2.24. The predicted octanol–water partition coefficient (Wildman–Crippen LogP) is 4.78. The van der Waals surface area contributed by atoms with E-state index in [2.05, 4.69) is 29.6 Å². The molecule has 3 amide bonds. The van der Waals surface area contributed by atoms with Crippen LogP contribution in [0.4, 0.5) is 20.7 Å². The highest BCUT2D eigenvalue weighted by atomic mass is 19.1. The zero-order valence-electron chi connectivity index (χ0n) is 20.3. The van der Waals surface area contributed by atoms with Crippen molar-refractivity contribution in [3.05, 3.63) is 71.2 Å². The van der Waals surface area contributed by atoms with E-state index in [1.807, 2.05) is 24.3 Å². The lowest BCUT2D eigenvalue weighted by molar-refractivity contribution is -0.119. The number of halogens is 1. The van der Waals surface area contributed by atoms with E-state index in [-0.39, 0.29) is 29.0 Å². The van der Waals surface area contributed by atoms with Gasteiger partial charge in [-0.1, -0.05) is 26.0 Å². The van der Waals surface area contributed by atoms with E-state index >= 15 is 0 Å². The summed E-state index contributed by atoms with van der Waals surface area (Å²) in [5, 5.41) is 18.9. The third-order valence-electron chi connectivity index (χ3n) is 6.26. The molecule has 9 nitrogen and oxygen atoms in total. The first-order valence-electron chi connectivity index (χ1n) is 11.7. The average molecular weight is 494 g/mol. The molecule has 0 aliphatic carbocycles. The second-order valence-corrected chi connectivity index (χ2v) is 9.12. The van der Waals surface area contributed by atoms with Gasteiger partial charge in [0.25, 0.3) is 0 Å².